The first-order valence-corrected chi connectivity index (χ1v) is 12.9. The highest BCUT2D eigenvalue weighted by atomic mass is 16.5. The molecule has 0 spiro atoms. The van der Waals surface area contributed by atoms with Crippen LogP contribution in [0.2, 0.25) is 0 Å². The first-order valence-electron chi connectivity index (χ1n) is 12.9. The lowest BCUT2D eigenvalue weighted by molar-refractivity contribution is 0.104. The van der Waals surface area contributed by atoms with Crippen LogP contribution in [-0.2, 0) is 0 Å². The zero-order valence-electron chi connectivity index (χ0n) is 21.0. The van der Waals surface area contributed by atoms with Crippen molar-refractivity contribution in [2.45, 2.75) is 51.4 Å². The van der Waals surface area contributed by atoms with Gasteiger partial charge in [-0.25, -0.2) is 0 Å². The second-order valence-electron chi connectivity index (χ2n) is 8.96. The fraction of sp³-hybridized carbons (Fsp3) is 0.323. The number of hydrogen-bond acceptors (Lipinski definition) is 5. The van der Waals surface area contributed by atoms with Crippen molar-refractivity contribution in [2.24, 2.45) is 0 Å². The SMILES string of the molecule is Nc1ccc(OCCCCCCCCCCOc2ccc(C=CC(=O)c3ccccc3)cc2)c(N)c1. The van der Waals surface area contributed by atoms with E-state index in [2.05, 4.69) is 0 Å². The molecule has 5 heteroatoms. The average Bonchev–Trinajstić information content (AvgIpc) is 2.90. The minimum absolute atomic E-state index is 0.00455. The van der Waals surface area contributed by atoms with E-state index in [0.717, 1.165) is 36.5 Å². The molecule has 0 aliphatic heterocycles. The third-order valence-corrected chi connectivity index (χ3v) is 5.96. The number of carbonyl (C=O) groups is 1. The van der Waals surface area contributed by atoms with Gasteiger partial charge >= 0.3 is 0 Å². The summed E-state index contributed by atoms with van der Waals surface area (Å²) in [6.45, 7) is 1.42. The van der Waals surface area contributed by atoms with Crippen LogP contribution >= 0.6 is 0 Å². The fourth-order valence-electron chi connectivity index (χ4n) is 3.88. The normalized spacial score (nSPS) is 11.0. The number of rotatable bonds is 16. The summed E-state index contributed by atoms with van der Waals surface area (Å²) >= 11 is 0. The number of benzene rings is 3. The Labute approximate surface area is 215 Å². The van der Waals surface area contributed by atoms with Crippen LogP contribution in [0.25, 0.3) is 6.08 Å². The molecule has 0 atom stereocenters. The molecule has 0 aliphatic rings. The van der Waals surface area contributed by atoms with Crippen LogP contribution in [0.1, 0.15) is 67.3 Å². The van der Waals surface area contributed by atoms with Gasteiger partial charge in [0.15, 0.2) is 5.78 Å². The van der Waals surface area contributed by atoms with Gasteiger partial charge in [-0.3, -0.25) is 4.79 Å². The molecular formula is C31H38N2O3. The van der Waals surface area contributed by atoms with Crippen molar-refractivity contribution in [1.29, 1.82) is 0 Å². The van der Waals surface area contributed by atoms with Crippen LogP contribution in [0.3, 0.4) is 0 Å². The van der Waals surface area contributed by atoms with Gasteiger partial charge in [-0.2, -0.15) is 0 Å². The Morgan fingerprint density at radius 2 is 1.31 bits per heavy atom. The van der Waals surface area contributed by atoms with E-state index in [1.54, 1.807) is 12.1 Å². The quantitative estimate of drug-likeness (QED) is 0.0958. The van der Waals surface area contributed by atoms with Crippen molar-refractivity contribution in [3.05, 3.63) is 90.0 Å². The topological polar surface area (TPSA) is 87.6 Å². The number of nitrogen functional groups attached to an aromatic ring is 2. The summed E-state index contributed by atoms with van der Waals surface area (Å²) in [6.07, 6.45) is 12.9. The molecule has 4 N–H and O–H groups in total. The van der Waals surface area contributed by atoms with Crippen molar-refractivity contribution in [3.8, 4) is 11.5 Å². The van der Waals surface area contributed by atoms with Crippen LogP contribution in [0.5, 0.6) is 11.5 Å². The summed E-state index contributed by atoms with van der Waals surface area (Å²) in [5, 5.41) is 0. The molecule has 0 radical (unpaired) electrons. The second-order valence-corrected chi connectivity index (χ2v) is 8.96. The molecule has 0 amide bonds. The Bertz CT molecular complexity index is 1080. The van der Waals surface area contributed by atoms with Crippen LogP contribution < -0.4 is 20.9 Å². The maximum atomic E-state index is 12.2. The Kier molecular flexibility index (Phi) is 11.4. The predicted molar refractivity (Wildman–Crippen MR) is 149 cm³/mol. The van der Waals surface area contributed by atoms with E-state index in [9.17, 15) is 4.79 Å². The Hall–Kier alpha value is -3.73. The first-order chi connectivity index (χ1) is 17.6. The van der Waals surface area contributed by atoms with Gasteiger partial charge in [0, 0.05) is 11.3 Å². The van der Waals surface area contributed by atoms with Gasteiger partial charge in [0.2, 0.25) is 0 Å². The highest BCUT2D eigenvalue weighted by Crippen LogP contribution is 2.24. The summed E-state index contributed by atoms with van der Waals surface area (Å²) in [4.78, 5) is 12.2. The monoisotopic (exact) mass is 486 g/mol. The number of hydrogen-bond donors (Lipinski definition) is 2. The highest BCUT2D eigenvalue weighted by molar-refractivity contribution is 6.06. The molecule has 5 nitrogen and oxygen atoms in total. The smallest absolute Gasteiger partial charge is 0.185 e. The van der Waals surface area contributed by atoms with Gasteiger partial charge in [-0.15, -0.1) is 0 Å². The van der Waals surface area contributed by atoms with Crippen molar-refractivity contribution in [2.75, 3.05) is 24.7 Å². The summed E-state index contributed by atoms with van der Waals surface area (Å²) in [5.74, 6) is 1.59. The van der Waals surface area contributed by atoms with Crippen LogP contribution in [0, 0.1) is 0 Å². The first kappa shape index (κ1) is 26.9. The molecule has 3 aromatic carbocycles. The van der Waals surface area contributed by atoms with Gasteiger partial charge in [-0.05, 0) is 54.8 Å². The van der Waals surface area contributed by atoms with Gasteiger partial charge in [0.05, 0.1) is 18.9 Å². The number of anilines is 2. The lowest BCUT2D eigenvalue weighted by Crippen LogP contribution is -2.01. The molecule has 36 heavy (non-hydrogen) atoms. The summed E-state index contributed by atoms with van der Waals surface area (Å²) in [7, 11) is 0. The number of ketones is 1. The predicted octanol–water partition coefficient (Wildman–Crippen LogP) is 7.33. The number of unbranched alkanes of at least 4 members (excludes halogenated alkanes) is 7. The molecule has 0 unspecified atom stereocenters. The zero-order valence-corrected chi connectivity index (χ0v) is 21.0. The molecule has 3 rings (SSSR count). The Morgan fingerprint density at radius 3 is 1.94 bits per heavy atom. The van der Waals surface area contributed by atoms with E-state index < -0.39 is 0 Å². The zero-order chi connectivity index (χ0) is 25.4. The standard InChI is InChI=1S/C31H38N2O3/c32-27-17-21-31(29(33)24-27)36-23-11-6-4-2-1-3-5-10-22-35-28-18-14-25(15-19-28)16-20-30(34)26-12-8-7-9-13-26/h7-9,12-21,24H,1-6,10-11,22-23,32-33H2. The maximum Gasteiger partial charge on any atom is 0.185 e. The van der Waals surface area contributed by atoms with E-state index in [0.29, 0.717) is 23.5 Å². The molecule has 0 fully saturated rings. The average molecular weight is 487 g/mol. The van der Waals surface area contributed by atoms with Crippen molar-refractivity contribution >= 4 is 23.2 Å². The van der Waals surface area contributed by atoms with E-state index in [1.165, 1.54) is 38.5 Å². The molecular weight excluding hydrogens is 448 g/mol. The Morgan fingerprint density at radius 1 is 0.694 bits per heavy atom. The van der Waals surface area contributed by atoms with E-state index in [1.807, 2.05) is 72.8 Å². The van der Waals surface area contributed by atoms with Crippen molar-refractivity contribution in [3.63, 3.8) is 0 Å². The number of ether oxygens (including phenoxy) is 2. The lowest BCUT2D eigenvalue weighted by Gasteiger charge is -2.09. The third kappa shape index (κ3) is 9.87. The minimum Gasteiger partial charge on any atom is -0.494 e. The minimum atomic E-state index is 0.00455. The van der Waals surface area contributed by atoms with Crippen LogP contribution in [0.15, 0.2) is 78.9 Å². The van der Waals surface area contributed by atoms with Gasteiger partial charge in [-0.1, -0.05) is 87.1 Å². The largest absolute Gasteiger partial charge is 0.494 e. The van der Waals surface area contributed by atoms with E-state index in [4.69, 9.17) is 20.9 Å². The molecule has 0 aromatic heterocycles. The van der Waals surface area contributed by atoms with E-state index in [-0.39, 0.29) is 5.78 Å². The molecule has 0 heterocycles. The van der Waals surface area contributed by atoms with Crippen LogP contribution in [0.4, 0.5) is 11.4 Å². The summed E-state index contributed by atoms with van der Waals surface area (Å²) in [6, 6.07) is 22.5. The Balaban J connectivity index is 1.17. The van der Waals surface area contributed by atoms with Gasteiger partial charge in [0.1, 0.15) is 11.5 Å². The highest BCUT2D eigenvalue weighted by Gasteiger charge is 2.02. The number of nitrogens with two attached hydrogens (primary N) is 2. The van der Waals surface area contributed by atoms with Crippen molar-refractivity contribution < 1.29 is 14.3 Å². The molecule has 0 aliphatic carbocycles. The summed E-state index contributed by atoms with van der Waals surface area (Å²) < 4.78 is 11.6. The molecule has 0 saturated heterocycles. The van der Waals surface area contributed by atoms with Crippen LogP contribution in [-0.4, -0.2) is 19.0 Å². The lowest BCUT2D eigenvalue weighted by atomic mass is 10.1. The van der Waals surface area contributed by atoms with E-state index >= 15 is 0 Å². The molecule has 0 bridgehead atoms. The van der Waals surface area contributed by atoms with Gasteiger partial charge < -0.3 is 20.9 Å². The molecule has 3 aromatic rings. The maximum absolute atomic E-state index is 12.2. The summed E-state index contributed by atoms with van der Waals surface area (Å²) in [5.41, 5.74) is 14.5. The fourth-order valence-corrected chi connectivity index (χ4v) is 3.88. The van der Waals surface area contributed by atoms with Gasteiger partial charge in [0.25, 0.3) is 0 Å². The number of carbonyl (C=O) groups excluding carboxylic acids is 1. The molecule has 190 valence electrons. The number of allylic oxidation sites excluding steroid dienone is 1. The molecule has 0 saturated carbocycles. The third-order valence-electron chi connectivity index (χ3n) is 5.96. The second kappa shape index (κ2) is 15.3. The van der Waals surface area contributed by atoms with Crippen molar-refractivity contribution in [1.82, 2.24) is 0 Å².